The van der Waals surface area contributed by atoms with Crippen molar-refractivity contribution in [3.63, 3.8) is 0 Å². The van der Waals surface area contributed by atoms with Gasteiger partial charge in [0.25, 0.3) is 0 Å². The van der Waals surface area contributed by atoms with Crippen molar-refractivity contribution in [1.29, 1.82) is 0 Å². The van der Waals surface area contributed by atoms with E-state index in [0.717, 1.165) is 18.8 Å². The van der Waals surface area contributed by atoms with Gasteiger partial charge in [-0.25, -0.2) is 13.2 Å². The number of unbranched alkanes of at least 4 members (excludes halogenated alkanes) is 1. The summed E-state index contributed by atoms with van der Waals surface area (Å²) in [4.78, 5) is 0. The molecule has 2 nitrogen and oxygen atoms in total. The Kier molecular flexibility index (Phi) is 8.52. The van der Waals surface area contributed by atoms with Gasteiger partial charge in [0, 0.05) is 19.1 Å². The van der Waals surface area contributed by atoms with Crippen LogP contribution in [0, 0.1) is 23.7 Å². The lowest BCUT2D eigenvalue weighted by Gasteiger charge is -2.47. The number of rotatable bonds is 8. The van der Waals surface area contributed by atoms with Crippen LogP contribution in [0.3, 0.4) is 0 Å². The van der Waals surface area contributed by atoms with E-state index in [-0.39, 0.29) is 5.92 Å². The van der Waals surface area contributed by atoms with Gasteiger partial charge in [-0.15, -0.1) is 0 Å². The fourth-order valence-corrected chi connectivity index (χ4v) is 5.78. The molecule has 0 aromatic carbocycles. The molecule has 0 amide bonds. The highest BCUT2D eigenvalue weighted by molar-refractivity contribution is 5.01. The summed E-state index contributed by atoms with van der Waals surface area (Å²) in [6.07, 6.45) is 4.20. The zero-order valence-corrected chi connectivity index (χ0v) is 17.6. The molecule has 0 radical (unpaired) electrons. The summed E-state index contributed by atoms with van der Waals surface area (Å²) in [7, 11) is 0. The molecule has 0 bridgehead atoms. The van der Waals surface area contributed by atoms with Crippen molar-refractivity contribution in [2.24, 2.45) is 23.7 Å². The van der Waals surface area contributed by atoms with Crippen LogP contribution in [-0.4, -0.2) is 43.9 Å². The first-order valence-electron chi connectivity index (χ1n) is 11.7. The summed E-state index contributed by atoms with van der Waals surface area (Å²) in [5, 5.41) is 0. The summed E-state index contributed by atoms with van der Waals surface area (Å²) < 4.78 is 55.5. The van der Waals surface area contributed by atoms with Gasteiger partial charge in [-0.2, -0.15) is 0 Å². The van der Waals surface area contributed by atoms with Crippen molar-refractivity contribution in [1.82, 2.24) is 0 Å². The van der Waals surface area contributed by atoms with Crippen LogP contribution >= 0.6 is 0 Å². The van der Waals surface area contributed by atoms with Crippen LogP contribution in [0.1, 0.15) is 78.1 Å². The maximum absolute atomic E-state index is 15.1. The Morgan fingerprint density at radius 1 is 0.750 bits per heavy atom. The average molecular weight is 405 g/mol. The minimum Gasteiger partial charge on any atom is -0.375 e. The quantitative estimate of drug-likeness (QED) is 0.478. The summed E-state index contributed by atoms with van der Waals surface area (Å²) in [5.74, 6) is 0.319. The Bertz CT molecular complexity index is 453. The largest absolute Gasteiger partial charge is 0.375 e. The van der Waals surface area contributed by atoms with E-state index < -0.39 is 36.6 Å². The molecule has 0 heterocycles. The molecule has 7 atom stereocenters. The van der Waals surface area contributed by atoms with Crippen LogP contribution in [0.2, 0.25) is 0 Å². The fraction of sp³-hybridized carbons (Fsp3) is 1.00. The second kappa shape index (κ2) is 10.7. The smallest absolute Gasteiger partial charge is 0.157 e. The topological polar surface area (TPSA) is 18.5 Å². The highest BCUT2D eigenvalue weighted by Gasteiger charge is 2.53. The maximum atomic E-state index is 15.1. The minimum atomic E-state index is -1.79. The van der Waals surface area contributed by atoms with Gasteiger partial charge in [-0.3, -0.25) is 0 Å². The number of fused-ring (bicyclic) bond motifs is 1. The second-order valence-electron chi connectivity index (χ2n) is 9.38. The third-order valence-corrected chi connectivity index (χ3v) is 7.51. The van der Waals surface area contributed by atoms with Crippen LogP contribution in [0.15, 0.2) is 0 Å². The molecule has 0 aliphatic heterocycles. The molecule has 3 aliphatic rings. The van der Waals surface area contributed by atoms with Crippen LogP contribution < -0.4 is 0 Å². The van der Waals surface area contributed by atoms with Gasteiger partial charge in [0.05, 0.1) is 12.2 Å². The van der Waals surface area contributed by atoms with E-state index >= 15 is 4.39 Å². The molecular weight excluding hydrogens is 365 g/mol. The van der Waals surface area contributed by atoms with Gasteiger partial charge < -0.3 is 9.47 Å². The highest BCUT2D eigenvalue weighted by Crippen LogP contribution is 2.46. The van der Waals surface area contributed by atoms with E-state index in [1.165, 1.54) is 32.1 Å². The first-order valence-corrected chi connectivity index (χ1v) is 11.7. The lowest BCUT2D eigenvalue weighted by atomic mass is 9.66. The summed E-state index contributed by atoms with van der Waals surface area (Å²) in [6, 6.07) is 0. The lowest BCUT2D eigenvalue weighted by Crippen LogP contribution is -2.55. The second-order valence-corrected chi connectivity index (χ2v) is 9.38. The van der Waals surface area contributed by atoms with Crippen molar-refractivity contribution >= 4 is 0 Å². The van der Waals surface area contributed by atoms with Gasteiger partial charge in [0.2, 0.25) is 0 Å². The normalized spacial score (nSPS) is 44.2. The van der Waals surface area contributed by atoms with Gasteiger partial charge in [-0.05, 0) is 56.8 Å². The standard InChI is InChI=1S/C23H39F3O2/c1-3-5-6-15-7-9-16(10-8-15)14-28-18-12-11-17-13-19(27-4-2)22(25)23(26)20(17)21(18)24/h15-23H,3-14H2,1-2H3. The Morgan fingerprint density at radius 2 is 1.46 bits per heavy atom. The molecule has 0 aromatic rings. The third kappa shape index (κ3) is 5.24. The zero-order chi connectivity index (χ0) is 20.1. The molecule has 0 N–H and O–H groups in total. The van der Waals surface area contributed by atoms with Crippen molar-refractivity contribution in [2.75, 3.05) is 13.2 Å². The Hall–Kier alpha value is -0.290. The molecule has 3 saturated carbocycles. The van der Waals surface area contributed by atoms with Crippen LogP contribution in [0.5, 0.6) is 0 Å². The molecule has 3 rings (SSSR count). The first-order chi connectivity index (χ1) is 13.5. The summed E-state index contributed by atoms with van der Waals surface area (Å²) >= 11 is 0. The van der Waals surface area contributed by atoms with Gasteiger partial charge >= 0.3 is 0 Å². The number of halogens is 3. The number of alkyl halides is 3. The maximum Gasteiger partial charge on any atom is 0.157 e. The molecule has 3 aliphatic carbocycles. The van der Waals surface area contributed by atoms with E-state index in [2.05, 4.69) is 6.92 Å². The van der Waals surface area contributed by atoms with E-state index in [4.69, 9.17) is 9.47 Å². The first kappa shape index (κ1) is 22.4. The monoisotopic (exact) mass is 404 g/mol. The summed E-state index contributed by atoms with van der Waals surface area (Å²) in [5.41, 5.74) is 0. The molecule has 0 spiro atoms. The van der Waals surface area contributed by atoms with Crippen LogP contribution in [0.25, 0.3) is 0 Å². The fourth-order valence-electron chi connectivity index (χ4n) is 5.78. The molecule has 164 valence electrons. The molecule has 0 saturated heterocycles. The third-order valence-electron chi connectivity index (χ3n) is 7.51. The van der Waals surface area contributed by atoms with E-state index in [1.54, 1.807) is 6.92 Å². The predicted octanol–water partition coefficient (Wildman–Crippen LogP) is 6.22. The number of hydrogen-bond donors (Lipinski definition) is 0. The molecule has 28 heavy (non-hydrogen) atoms. The van der Waals surface area contributed by atoms with Crippen molar-refractivity contribution in [3.05, 3.63) is 0 Å². The SMILES string of the molecule is CCCCC1CCC(COC2CCC3CC(OCC)C(F)C(F)C3C2F)CC1. The molecule has 7 unspecified atom stereocenters. The van der Waals surface area contributed by atoms with Crippen molar-refractivity contribution in [2.45, 2.75) is 109 Å². The number of ether oxygens (including phenoxy) is 2. The van der Waals surface area contributed by atoms with Gasteiger partial charge in [0.1, 0.15) is 12.3 Å². The zero-order valence-electron chi connectivity index (χ0n) is 17.6. The van der Waals surface area contributed by atoms with Gasteiger partial charge in [0.15, 0.2) is 6.17 Å². The predicted molar refractivity (Wildman–Crippen MR) is 106 cm³/mol. The molecule has 0 aromatic heterocycles. The Balaban J connectivity index is 1.46. The van der Waals surface area contributed by atoms with Crippen LogP contribution in [-0.2, 0) is 9.47 Å². The van der Waals surface area contributed by atoms with E-state index in [0.29, 0.717) is 38.4 Å². The van der Waals surface area contributed by atoms with E-state index in [1.807, 2.05) is 0 Å². The van der Waals surface area contributed by atoms with E-state index in [9.17, 15) is 8.78 Å². The average Bonchev–Trinajstić information content (AvgIpc) is 2.70. The highest BCUT2D eigenvalue weighted by atomic mass is 19.2. The molecule has 3 fully saturated rings. The lowest BCUT2D eigenvalue weighted by molar-refractivity contribution is -0.153. The summed E-state index contributed by atoms with van der Waals surface area (Å²) in [6.45, 7) is 4.95. The molecule has 5 heteroatoms. The van der Waals surface area contributed by atoms with Crippen LogP contribution in [0.4, 0.5) is 13.2 Å². The Morgan fingerprint density at radius 3 is 2.14 bits per heavy atom. The Labute approximate surface area is 168 Å². The molecular formula is C23H39F3O2. The van der Waals surface area contributed by atoms with Crippen molar-refractivity contribution < 1.29 is 22.6 Å². The number of hydrogen-bond acceptors (Lipinski definition) is 2. The van der Waals surface area contributed by atoms with Crippen molar-refractivity contribution in [3.8, 4) is 0 Å². The minimum absolute atomic E-state index is 0.137. The van der Waals surface area contributed by atoms with Gasteiger partial charge in [-0.1, -0.05) is 39.0 Å².